The zero-order chi connectivity index (χ0) is 27.0. The number of benzene rings is 3. The number of ether oxygens (including phenoxy) is 2. The molecular formula is C25H23F2N3O6S. The van der Waals surface area contributed by atoms with Crippen LogP contribution in [-0.4, -0.2) is 52.2 Å². The number of nitrogens with two attached hydrogens (primary N) is 1. The predicted octanol–water partition coefficient (Wildman–Crippen LogP) is 3.33. The molecule has 1 unspecified atom stereocenters. The molecule has 1 aliphatic heterocycles. The number of hydrogen-bond acceptors (Lipinski definition) is 8. The van der Waals surface area contributed by atoms with E-state index in [1.165, 1.54) is 44.5 Å². The van der Waals surface area contributed by atoms with Crippen LogP contribution in [-0.2, 0) is 20.5 Å². The molecule has 0 aromatic heterocycles. The van der Waals surface area contributed by atoms with Crippen LogP contribution in [0.3, 0.4) is 0 Å². The zero-order valence-electron chi connectivity index (χ0n) is 20.0. The second kappa shape index (κ2) is 9.69. The molecule has 3 aromatic rings. The first-order valence-electron chi connectivity index (χ1n) is 10.8. The molecule has 0 radical (unpaired) electrons. The molecular weight excluding hydrogens is 508 g/mol. The van der Waals surface area contributed by atoms with Gasteiger partial charge in [0, 0.05) is 18.7 Å². The summed E-state index contributed by atoms with van der Waals surface area (Å²) in [6, 6.07) is 17.1. The van der Waals surface area contributed by atoms with Gasteiger partial charge in [-0.3, -0.25) is 9.69 Å². The van der Waals surface area contributed by atoms with Gasteiger partial charge in [0.2, 0.25) is 0 Å². The highest BCUT2D eigenvalue weighted by Crippen LogP contribution is 2.49. The Bertz CT molecular complexity index is 1460. The van der Waals surface area contributed by atoms with Crippen molar-refractivity contribution < 1.29 is 35.6 Å². The summed E-state index contributed by atoms with van der Waals surface area (Å²) < 4.78 is 65.3. The van der Waals surface area contributed by atoms with E-state index in [2.05, 4.69) is 9.73 Å². The van der Waals surface area contributed by atoms with E-state index < -0.39 is 28.2 Å². The molecule has 9 nitrogen and oxygen atoms in total. The Hall–Kier alpha value is -4.19. The van der Waals surface area contributed by atoms with Crippen molar-refractivity contribution in [3.63, 3.8) is 0 Å². The van der Waals surface area contributed by atoms with Gasteiger partial charge in [-0.1, -0.05) is 42.5 Å². The van der Waals surface area contributed by atoms with E-state index in [-0.39, 0.29) is 34.3 Å². The number of rotatable bonds is 8. The minimum Gasteiger partial charge on any atom is -0.497 e. The number of aliphatic imine (C=N–C) groups is 1. The predicted molar refractivity (Wildman–Crippen MR) is 132 cm³/mol. The van der Waals surface area contributed by atoms with Crippen molar-refractivity contribution in [1.29, 1.82) is 0 Å². The lowest BCUT2D eigenvalue weighted by molar-refractivity contribution is -0.129. The highest BCUT2D eigenvalue weighted by molar-refractivity contribution is 7.86. The van der Waals surface area contributed by atoms with Gasteiger partial charge in [0.1, 0.15) is 11.5 Å². The first kappa shape index (κ1) is 25.9. The van der Waals surface area contributed by atoms with Gasteiger partial charge >= 0.3 is 16.7 Å². The van der Waals surface area contributed by atoms with Crippen LogP contribution in [0.4, 0.5) is 8.78 Å². The van der Waals surface area contributed by atoms with Crippen LogP contribution in [0.2, 0.25) is 0 Å². The number of guanidine groups is 1. The van der Waals surface area contributed by atoms with Crippen LogP contribution in [0.15, 0.2) is 71.7 Å². The molecule has 1 heterocycles. The van der Waals surface area contributed by atoms with Crippen molar-refractivity contribution >= 4 is 22.0 Å². The molecule has 0 aliphatic carbocycles. The van der Waals surface area contributed by atoms with E-state index in [0.29, 0.717) is 11.1 Å². The van der Waals surface area contributed by atoms with Gasteiger partial charge in [0.05, 0.1) is 13.4 Å². The molecule has 1 aliphatic rings. The largest absolute Gasteiger partial charge is 0.497 e. The first-order valence-corrected chi connectivity index (χ1v) is 12.6. The fourth-order valence-corrected chi connectivity index (χ4v) is 4.63. The number of methoxy groups -OCH3 is 1. The Morgan fingerprint density at radius 1 is 1.03 bits per heavy atom. The molecule has 4 rings (SSSR count). The van der Waals surface area contributed by atoms with Crippen molar-refractivity contribution in [1.82, 2.24) is 4.90 Å². The number of nitrogens with zero attached hydrogens (tertiary/aromatic N) is 2. The highest BCUT2D eigenvalue weighted by atomic mass is 32.2. The number of alkyl halides is 2. The van der Waals surface area contributed by atoms with Crippen LogP contribution in [0.1, 0.15) is 11.1 Å². The lowest BCUT2D eigenvalue weighted by atomic mass is 9.78. The van der Waals surface area contributed by atoms with E-state index in [9.17, 15) is 22.0 Å². The highest BCUT2D eigenvalue weighted by Gasteiger charge is 2.53. The van der Waals surface area contributed by atoms with Gasteiger partial charge in [-0.2, -0.15) is 17.2 Å². The molecule has 1 atom stereocenters. The monoisotopic (exact) mass is 531 g/mol. The number of carbonyl (C=O) groups excluding carboxylic acids is 1. The standard InChI is InChI=1S/C25H23F2N3O6S/c1-30-22(31)25(29-24(30)28,16-9-11-17(12-10-16)35-23(26)27)21-19(15-7-5-4-6-8-15)13-18(34-2)14-20(21)36-37(3,32)33/h4-14,23H,1-3H3,(H2,28,29). The number of amides is 1. The number of hydrogen-bond donors (Lipinski definition) is 1. The maximum absolute atomic E-state index is 13.9. The second-order valence-electron chi connectivity index (χ2n) is 8.15. The molecule has 0 fully saturated rings. The molecule has 0 spiro atoms. The molecule has 194 valence electrons. The Morgan fingerprint density at radius 2 is 1.68 bits per heavy atom. The van der Waals surface area contributed by atoms with E-state index in [1.54, 1.807) is 36.4 Å². The summed E-state index contributed by atoms with van der Waals surface area (Å²) in [6.45, 7) is -3.05. The number of likely N-dealkylation sites (N-methyl/N-ethyl adjacent to an activating group) is 1. The van der Waals surface area contributed by atoms with Crippen molar-refractivity contribution in [2.45, 2.75) is 12.2 Å². The number of carbonyl (C=O) groups is 1. The zero-order valence-corrected chi connectivity index (χ0v) is 20.8. The van der Waals surface area contributed by atoms with Gasteiger partial charge < -0.3 is 19.4 Å². The van der Waals surface area contributed by atoms with E-state index in [1.807, 2.05) is 0 Å². The van der Waals surface area contributed by atoms with Crippen molar-refractivity contribution in [2.24, 2.45) is 10.7 Å². The molecule has 0 saturated carbocycles. The molecule has 2 N–H and O–H groups in total. The Balaban J connectivity index is 2.12. The topological polar surface area (TPSA) is 121 Å². The quantitative estimate of drug-likeness (QED) is 0.443. The summed E-state index contributed by atoms with van der Waals surface area (Å²) in [5.74, 6) is -0.858. The third-order valence-electron chi connectivity index (χ3n) is 5.74. The summed E-state index contributed by atoms with van der Waals surface area (Å²) >= 11 is 0. The maximum atomic E-state index is 13.9. The molecule has 3 aromatic carbocycles. The van der Waals surface area contributed by atoms with Crippen molar-refractivity contribution in [3.05, 3.63) is 77.9 Å². The molecule has 0 bridgehead atoms. The average molecular weight is 532 g/mol. The van der Waals surface area contributed by atoms with Gasteiger partial charge in [-0.15, -0.1) is 0 Å². The van der Waals surface area contributed by atoms with Gasteiger partial charge in [0.15, 0.2) is 17.2 Å². The Morgan fingerprint density at radius 3 is 2.19 bits per heavy atom. The average Bonchev–Trinajstić information content (AvgIpc) is 3.07. The normalized spacial score (nSPS) is 17.6. The lowest BCUT2D eigenvalue weighted by Gasteiger charge is -2.30. The van der Waals surface area contributed by atoms with Crippen LogP contribution < -0.4 is 19.4 Å². The van der Waals surface area contributed by atoms with E-state index >= 15 is 0 Å². The van der Waals surface area contributed by atoms with E-state index in [4.69, 9.17) is 14.7 Å². The summed E-state index contributed by atoms with van der Waals surface area (Å²) in [5, 5.41) is 0. The fraction of sp³-hybridized carbons (Fsp3) is 0.200. The van der Waals surface area contributed by atoms with Crippen LogP contribution in [0.25, 0.3) is 11.1 Å². The van der Waals surface area contributed by atoms with Crippen LogP contribution in [0, 0.1) is 0 Å². The van der Waals surface area contributed by atoms with E-state index in [0.717, 1.165) is 11.2 Å². The Kier molecular flexibility index (Phi) is 6.78. The van der Waals surface area contributed by atoms with Gasteiger partial charge in [-0.05, 0) is 34.9 Å². The molecule has 12 heteroatoms. The summed E-state index contributed by atoms with van der Waals surface area (Å²) in [6.07, 6.45) is 0.863. The van der Waals surface area contributed by atoms with Crippen LogP contribution >= 0.6 is 0 Å². The third kappa shape index (κ3) is 4.92. The maximum Gasteiger partial charge on any atom is 0.387 e. The minimum absolute atomic E-state index is 0.0738. The fourth-order valence-electron chi connectivity index (χ4n) is 4.17. The smallest absolute Gasteiger partial charge is 0.387 e. The van der Waals surface area contributed by atoms with Gasteiger partial charge in [-0.25, -0.2) is 4.99 Å². The van der Waals surface area contributed by atoms with Crippen molar-refractivity contribution in [3.8, 4) is 28.4 Å². The Labute approximate surface area is 212 Å². The van der Waals surface area contributed by atoms with Crippen molar-refractivity contribution in [2.75, 3.05) is 20.4 Å². The summed E-state index contributed by atoms with van der Waals surface area (Å²) in [4.78, 5) is 19.5. The second-order valence-corrected chi connectivity index (χ2v) is 9.72. The molecule has 0 saturated heterocycles. The van der Waals surface area contributed by atoms with Gasteiger partial charge in [0.25, 0.3) is 5.91 Å². The molecule has 1 amide bonds. The van der Waals surface area contributed by atoms with Crippen LogP contribution in [0.5, 0.6) is 17.2 Å². The third-order valence-corrected chi connectivity index (χ3v) is 6.22. The summed E-state index contributed by atoms with van der Waals surface area (Å²) in [5.41, 5.74) is 5.42. The lowest BCUT2D eigenvalue weighted by Crippen LogP contribution is -2.41. The molecule has 37 heavy (non-hydrogen) atoms. The minimum atomic E-state index is -4.09. The number of halogens is 2. The summed E-state index contributed by atoms with van der Waals surface area (Å²) in [7, 11) is -1.27. The first-order chi connectivity index (χ1) is 17.5. The SMILES string of the molecule is COc1cc(OS(C)(=O)=O)c(C2(c3ccc(OC(F)F)cc3)N=C(N)N(C)C2=O)c(-c2ccccc2)c1.